The van der Waals surface area contributed by atoms with Crippen molar-refractivity contribution in [3.05, 3.63) is 24.3 Å². The average Bonchev–Trinajstić information content (AvgIpc) is 2.57. The summed E-state index contributed by atoms with van der Waals surface area (Å²) in [7, 11) is -2.96. The fraction of sp³-hybridized carbons (Fsp3) is 0.529. The van der Waals surface area contributed by atoms with E-state index >= 15 is 0 Å². The van der Waals surface area contributed by atoms with Gasteiger partial charge in [-0.3, -0.25) is 9.59 Å². The number of nitrogens with zero attached hydrogens (tertiary/aromatic N) is 2. The molecular formula is C17H24F3N3O4S. The summed E-state index contributed by atoms with van der Waals surface area (Å²) in [5.41, 5.74) is 0.390. The van der Waals surface area contributed by atoms with E-state index in [1.807, 2.05) is 0 Å². The summed E-state index contributed by atoms with van der Waals surface area (Å²) in [6.45, 7) is 0.835. The van der Waals surface area contributed by atoms with Crippen LogP contribution in [-0.4, -0.2) is 62.3 Å². The van der Waals surface area contributed by atoms with Crippen molar-refractivity contribution in [1.82, 2.24) is 9.21 Å². The zero-order chi connectivity index (χ0) is 21.5. The van der Waals surface area contributed by atoms with E-state index < -0.39 is 35.2 Å². The van der Waals surface area contributed by atoms with Crippen LogP contribution in [0, 0.1) is 0 Å². The molecule has 1 rings (SSSR count). The first-order valence-corrected chi connectivity index (χ1v) is 9.99. The molecule has 0 heterocycles. The number of halogens is 3. The highest BCUT2D eigenvalue weighted by Crippen LogP contribution is 2.20. The molecule has 0 bridgehead atoms. The van der Waals surface area contributed by atoms with Crippen molar-refractivity contribution >= 4 is 27.5 Å². The molecule has 0 aromatic heterocycles. The molecule has 1 aromatic rings. The van der Waals surface area contributed by atoms with Crippen molar-refractivity contribution < 1.29 is 31.2 Å². The van der Waals surface area contributed by atoms with Crippen molar-refractivity contribution in [1.29, 1.82) is 0 Å². The minimum Gasteiger partial charge on any atom is -0.332 e. The first kappa shape index (κ1) is 23.9. The van der Waals surface area contributed by atoms with E-state index in [0.717, 1.165) is 7.05 Å². The first-order valence-electron chi connectivity index (χ1n) is 8.55. The zero-order valence-electron chi connectivity index (χ0n) is 15.9. The van der Waals surface area contributed by atoms with E-state index in [0.29, 0.717) is 27.7 Å². The Hall–Kier alpha value is -2.14. The molecule has 1 N–H and O–H groups in total. The molecule has 0 saturated carbocycles. The third-order valence-electron chi connectivity index (χ3n) is 3.75. The summed E-state index contributed by atoms with van der Waals surface area (Å²) >= 11 is 0. The van der Waals surface area contributed by atoms with Gasteiger partial charge in [0.2, 0.25) is 21.8 Å². The molecule has 2 amide bonds. The Morgan fingerprint density at radius 3 is 2.18 bits per heavy atom. The molecule has 0 atom stereocenters. The Morgan fingerprint density at radius 2 is 1.71 bits per heavy atom. The average molecular weight is 423 g/mol. The van der Waals surface area contributed by atoms with Gasteiger partial charge in [0.25, 0.3) is 0 Å². The zero-order valence-corrected chi connectivity index (χ0v) is 16.7. The maximum Gasteiger partial charge on any atom is 0.406 e. The first-order chi connectivity index (χ1) is 12.9. The normalized spacial score (nSPS) is 12.1. The van der Waals surface area contributed by atoms with Crippen LogP contribution in [0.3, 0.4) is 0 Å². The Balaban J connectivity index is 2.90. The van der Waals surface area contributed by atoms with E-state index in [1.54, 1.807) is 6.92 Å². The van der Waals surface area contributed by atoms with Crippen molar-refractivity contribution in [2.75, 3.05) is 32.0 Å². The van der Waals surface area contributed by atoms with Crippen LogP contribution in [0.15, 0.2) is 29.2 Å². The number of sulfonamides is 1. The third-order valence-corrected chi connectivity index (χ3v) is 5.56. The maximum absolute atomic E-state index is 12.7. The number of anilines is 1. The van der Waals surface area contributed by atoms with Gasteiger partial charge in [-0.25, -0.2) is 8.42 Å². The van der Waals surface area contributed by atoms with Crippen LogP contribution < -0.4 is 5.32 Å². The molecule has 0 radical (unpaired) electrons. The SMILES string of the molecule is CCCCN(CC(F)(F)F)C(=O)CN(C)S(=O)(=O)c1ccc(NC(C)=O)cc1. The second kappa shape index (κ2) is 9.87. The number of amides is 2. The van der Waals surface area contributed by atoms with Crippen molar-refractivity contribution in [2.24, 2.45) is 0 Å². The van der Waals surface area contributed by atoms with Gasteiger partial charge in [0.1, 0.15) is 6.54 Å². The molecule has 11 heteroatoms. The van der Waals surface area contributed by atoms with Gasteiger partial charge in [0, 0.05) is 26.2 Å². The minimum atomic E-state index is -4.57. The minimum absolute atomic E-state index is 0.103. The number of carbonyl (C=O) groups excluding carboxylic acids is 2. The summed E-state index contributed by atoms with van der Waals surface area (Å²) in [5, 5.41) is 2.49. The Labute approximate surface area is 162 Å². The van der Waals surface area contributed by atoms with Crippen LogP contribution in [0.25, 0.3) is 0 Å². The van der Waals surface area contributed by atoms with Gasteiger partial charge in [-0.1, -0.05) is 13.3 Å². The van der Waals surface area contributed by atoms with E-state index in [9.17, 15) is 31.2 Å². The Bertz CT molecular complexity index is 780. The van der Waals surface area contributed by atoms with E-state index in [1.165, 1.54) is 31.2 Å². The summed E-state index contributed by atoms with van der Waals surface area (Å²) in [4.78, 5) is 23.7. The highest BCUT2D eigenvalue weighted by atomic mass is 32.2. The Morgan fingerprint density at radius 1 is 1.14 bits per heavy atom. The van der Waals surface area contributed by atoms with Crippen molar-refractivity contribution in [3.8, 4) is 0 Å². The molecule has 28 heavy (non-hydrogen) atoms. The van der Waals surface area contributed by atoms with Crippen LogP contribution in [0.5, 0.6) is 0 Å². The second-order valence-corrected chi connectivity index (χ2v) is 8.30. The maximum atomic E-state index is 12.7. The molecule has 0 saturated heterocycles. The fourth-order valence-corrected chi connectivity index (χ4v) is 3.45. The quantitative estimate of drug-likeness (QED) is 0.661. The summed E-state index contributed by atoms with van der Waals surface area (Å²) in [5.74, 6) is -1.25. The van der Waals surface area contributed by atoms with E-state index in [4.69, 9.17) is 0 Å². The van der Waals surface area contributed by atoms with Gasteiger partial charge in [-0.2, -0.15) is 17.5 Å². The largest absolute Gasteiger partial charge is 0.406 e. The number of unbranched alkanes of at least 4 members (excludes halogenated alkanes) is 1. The van der Waals surface area contributed by atoms with Crippen molar-refractivity contribution in [3.63, 3.8) is 0 Å². The number of hydrogen-bond acceptors (Lipinski definition) is 4. The van der Waals surface area contributed by atoms with Crippen LogP contribution in [0.4, 0.5) is 18.9 Å². The molecule has 0 aliphatic rings. The van der Waals surface area contributed by atoms with Gasteiger partial charge in [-0.05, 0) is 30.7 Å². The van der Waals surface area contributed by atoms with E-state index in [-0.39, 0.29) is 17.3 Å². The lowest BCUT2D eigenvalue weighted by Crippen LogP contribution is -2.45. The number of nitrogens with one attached hydrogen (secondary N) is 1. The lowest BCUT2D eigenvalue weighted by Gasteiger charge is -2.26. The molecule has 0 spiro atoms. The monoisotopic (exact) mass is 423 g/mol. The number of carbonyl (C=O) groups is 2. The van der Waals surface area contributed by atoms with Crippen LogP contribution in [0.1, 0.15) is 26.7 Å². The lowest BCUT2D eigenvalue weighted by molar-refractivity contribution is -0.161. The molecule has 7 nitrogen and oxygen atoms in total. The predicted molar refractivity (Wildman–Crippen MR) is 98.1 cm³/mol. The number of likely N-dealkylation sites (N-methyl/N-ethyl adjacent to an activating group) is 1. The molecule has 158 valence electrons. The van der Waals surface area contributed by atoms with Crippen molar-refractivity contribution in [2.45, 2.75) is 37.8 Å². The highest BCUT2D eigenvalue weighted by molar-refractivity contribution is 7.89. The molecule has 0 unspecified atom stereocenters. The van der Waals surface area contributed by atoms with Crippen LogP contribution in [0.2, 0.25) is 0 Å². The topological polar surface area (TPSA) is 86.8 Å². The standard InChI is InChI=1S/C17H24F3N3O4S/c1-4-5-10-23(12-17(18,19)20)16(25)11-22(3)28(26,27)15-8-6-14(7-9-15)21-13(2)24/h6-9H,4-5,10-12H2,1-3H3,(H,21,24). The summed E-state index contributed by atoms with van der Waals surface area (Å²) in [6.07, 6.45) is -3.60. The van der Waals surface area contributed by atoms with Gasteiger partial charge < -0.3 is 10.2 Å². The lowest BCUT2D eigenvalue weighted by atomic mass is 10.3. The predicted octanol–water partition coefficient (Wildman–Crippen LogP) is 2.46. The second-order valence-electron chi connectivity index (χ2n) is 6.25. The highest BCUT2D eigenvalue weighted by Gasteiger charge is 2.34. The smallest absolute Gasteiger partial charge is 0.332 e. The summed E-state index contributed by atoms with van der Waals surface area (Å²) < 4.78 is 64.0. The Kier molecular flexibility index (Phi) is 8.43. The van der Waals surface area contributed by atoms with Gasteiger partial charge in [0.05, 0.1) is 11.4 Å². The molecule has 0 aliphatic heterocycles. The van der Waals surface area contributed by atoms with Crippen LogP contribution in [-0.2, 0) is 19.6 Å². The number of hydrogen-bond donors (Lipinski definition) is 1. The van der Waals surface area contributed by atoms with Gasteiger partial charge in [-0.15, -0.1) is 0 Å². The van der Waals surface area contributed by atoms with E-state index in [2.05, 4.69) is 5.32 Å². The molecule has 0 aliphatic carbocycles. The number of alkyl halides is 3. The van der Waals surface area contributed by atoms with Crippen LogP contribution >= 0.6 is 0 Å². The molecule has 1 aromatic carbocycles. The molecule has 0 fully saturated rings. The van der Waals surface area contributed by atoms with Gasteiger partial charge in [0.15, 0.2) is 0 Å². The third kappa shape index (κ3) is 7.47. The fourth-order valence-electron chi connectivity index (χ4n) is 2.33. The van der Waals surface area contributed by atoms with Gasteiger partial charge >= 0.3 is 6.18 Å². The summed E-state index contributed by atoms with van der Waals surface area (Å²) in [6, 6.07) is 5.24. The number of benzene rings is 1. The number of rotatable bonds is 9. The molecular weight excluding hydrogens is 399 g/mol.